The van der Waals surface area contributed by atoms with E-state index < -0.39 is 0 Å². The number of ketones is 2. The molecule has 2 aliphatic rings. The van der Waals surface area contributed by atoms with Crippen LogP contribution in [0.5, 0.6) is 0 Å². The highest BCUT2D eigenvalue weighted by molar-refractivity contribution is 7.42. The van der Waals surface area contributed by atoms with Crippen LogP contribution < -0.4 is 0 Å². The standard InChI is InChI=1S/C8H11OP.C5H5OP/c1-2-3-7-6-10-5-4-8(7)9;6-5-1-3-7-4-2-5/h5-6H,2-4H2,1H3;1,3-4H,2H2. The fourth-order valence-corrected chi connectivity index (χ4v) is 2.84. The van der Waals surface area contributed by atoms with Crippen LogP contribution in [0.15, 0.2) is 23.3 Å². The van der Waals surface area contributed by atoms with Crippen molar-refractivity contribution in [1.29, 1.82) is 0 Å². The molecule has 17 heavy (non-hydrogen) atoms. The van der Waals surface area contributed by atoms with Crippen LogP contribution in [0.25, 0.3) is 0 Å². The van der Waals surface area contributed by atoms with Crippen LogP contribution in [-0.2, 0) is 9.59 Å². The molecule has 0 bridgehead atoms. The van der Waals surface area contributed by atoms with Gasteiger partial charge >= 0.3 is 0 Å². The van der Waals surface area contributed by atoms with Gasteiger partial charge in [0.05, 0.1) is 0 Å². The molecule has 0 atom stereocenters. The van der Waals surface area contributed by atoms with E-state index in [-0.39, 0.29) is 5.78 Å². The zero-order valence-electron chi connectivity index (χ0n) is 9.93. The van der Waals surface area contributed by atoms with Crippen LogP contribution in [0.3, 0.4) is 0 Å². The third kappa shape index (κ3) is 5.86. The third-order valence-electron chi connectivity index (χ3n) is 2.23. The highest BCUT2D eigenvalue weighted by Gasteiger charge is 2.08. The Bertz CT molecular complexity index is 404. The lowest BCUT2D eigenvalue weighted by molar-refractivity contribution is -0.115. The van der Waals surface area contributed by atoms with Crippen LogP contribution in [-0.4, -0.2) is 23.2 Å². The van der Waals surface area contributed by atoms with Crippen molar-refractivity contribution in [3.63, 3.8) is 0 Å². The second-order valence-corrected chi connectivity index (χ2v) is 5.56. The molecule has 2 aliphatic heterocycles. The van der Waals surface area contributed by atoms with E-state index in [2.05, 4.69) is 6.92 Å². The average Bonchev–Trinajstić information content (AvgIpc) is 2.34. The Hall–Kier alpha value is -0.840. The van der Waals surface area contributed by atoms with Crippen LogP contribution >= 0.6 is 16.4 Å². The second kappa shape index (κ2) is 8.28. The van der Waals surface area contributed by atoms with Crippen molar-refractivity contribution in [1.82, 2.24) is 0 Å². The number of rotatable bonds is 2. The summed E-state index contributed by atoms with van der Waals surface area (Å²) in [5, 5.41) is 0. The summed E-state index contributed by atoms with van der Waals surface area (Å²) in [5.74, 6) is 8.37. The van der Waals surface area contributed by atoms with Crippen molar-refractivity contribution in [2.45, 2.75) is 32.6 Å². The predicted molar refractivity (Wildman–Crippen MR) is 77.3 cm³/mol. The molecule has 0 radical (unpaired) electrons. The van der Waals surface area contributed by atoms with E-state index in [1.54, 1.807) is 6.08 Å². The zero-order valence-corrected chi connectivity index (χ0v) is 11.7. The van der Waals surface area contributed by atoms with Gasteiger partial charge in [-0.15, -0.1) is 0 Å². The van der Waals surface area contributed by atoms with Crippen molar-refractivity contribution >= 4 is 39.6 Å². The molecule has 0 fully saturated rings. The molecule has 0 amide bonds. The van der Waals surface area contributed by atoms with Crippen LogP contribution in [0.2, 0.25) is 0 Å². The minimum absolute atomic E-state index is 0.221. The largest absolute Gasteiger partial charge is 0.294 e. The number of hydrogen-bond acceptors (Lipinski definition) is 2. The lowest BCUT2D eigenvalue weighted by Gasteiger charge is -2.04. The minimum Gasteiger partial charge on any atom is -0.294 e. The van der Waals surface area contributed by atoms with E-state index in [0.717, 1.165) is 18.4 Å². The van der Waals surface area contributed by atoms with Crippen molar-refractivity contribution in [2.24, 2.45) is 0 Å². The third-order valence-corrected chi connectivity index (χ3v) is 3.80. The van der Waals surface area contributed by atoms with Gasteiger partial charge in [-0.3, -0.25) is 9.59 Å². The molecule has 4 heteroatoms. The van der Waals surface area contributed by atoms with Crippen molar-refractivity contribution in [3.8, 4) is 0 Å². The molecule has 0 aromatic carbocycles. The molecule has 0 unspecified atom stereocenters. The lowest BCUT2D eigenvalue weighted by atomic mass is 10.1. The minimum atomic E-state index is 0.221. The molecule has 2 heterocycles. The number of carbonyl (C=O) groups excluding carboxylic acids is 2. The number of carbonyl (C=O) groups is 2. The summed E-state index contributed by atoms with van der Waals surface area (Å²) in [6.07, 6.45) is 4.93. The molecule has 90 valence electrons. The topological polar surface area (TPSA) is 34.1 Å². The maximum Gasteiger partial charge on any atom is 0.163 e. The Morgan fingerprint density at radius 3 is 2.41 bits per heavy atom. The summed E-state index contributed by atoms with van der Waals surface area (Å²) in [5.41, 5.74) is 1.03. The Kier molecular flexibility index (Phi) is 6.93. The molecule has 0 saturated carbocycles. The molecule has 2 nitrogen and oxygen atoms in total. The maximum absolute atomic E-state index is 11.1. The summed E-state index contributed by atoms with van der Waals surface area (Å²) in [6.45, 7) is 2.10. The van der Waals surface area contributed by atoms with E-state index in [9.17, 15) is 9.59 Å². The molecule has 2 rings (SSSR count). The smallest absolute Gasteiger partial charge is 0.163 e. The molecule has 0 aromatic rings. The van der Waals surface area contributed by atoms with Crippen molar-refractivity contribution in [3.05, 3.63) is 23.3 Å². The first-order valence-corrected chi connectivity index (χ1v) is 7.75. The van der Waals surface area contributed by atoms with E-state index in [4.69, 9.17) is 0 Å². The van der Waals surface area contributed by atoms with Gasteiger partial charge in [0.2, 0.25) is 0 Å². The predicted octanol–water partition coefficient (Wildman–Crippen LogP) is 3.61. The maximum atomic E-state index is 11.1. The first-order chi connectivity index (χ1) is 8.24. The summed E-state index contributed by atoms with van der Waals surface area (Å²) < 4.78 is 0. The Balaban J connectivity index is 0.000000181. The van der Waals surface area contributed by atoms with E-state index in [1.165, 1.54) is 16.4 Å². The molecular formula is C13H16O2P2. The van der Waals surface area contributed by atoms with Gasteiger partial charge in [0.1, 0.15) is 0 Å². The fourth-order valence-electron chi connectivity index (χ4n) is 1.35. The zero-order chi connectivity index (χ0) is 12.5. The van der Waals surface area contributed by atoms with Gasteiger partial charge < -0.3 is 0 Å². The van der Waals surface area contributed by atoms with E-state index in [1.807, 2.05) is 23.2 Å². The van der Waals surface area contributed by atoms with Gasteiger partial charge in [-0.2, -0.15) is 0 Å². The summed E-state index contributed by atoms with van der Waals surface area (Å²) >= 11 is 0. The first kappa shape index (κ1) is 14.2. The van der Waals surface area contributed by atoms with Gasteiger partial charge in [0.15, 0.2) is 11.6 Å². The van der Waals surface area contributed by atoms with Gasteiger partial charge in [0.25, 0.3) is 0 Å². The Labute approximate surface area is 105 Å². The van der Waals surface area contributed by atoms with Gasteiger partial charge in [-0.1, -0.05) is 29.8 Å². The fraction of sp³-hybridized carbons (Fsp3) is 0.385. The van der Waals surface area contributed by atoms with Gasteiger partial charge in [-0.05, 0) is 41.3 Å². The van der Waals surface area contributed by atoms with Crippen molar-refractivity contribution in [2.75, 3.05) is 0 Å². The number of hydrogen-bond donors (Lipinski definition) is 0. The summed E-state index contributed by atoms with van der Waals surface area (Å²) in [7, 11) is 2.37. The van der Waals surface area contributed by atoms with Crippen LogP contribution in [0.4, 0.5) is 0 Å². The molecule has 0 N–H and O–H groups in total. The highest BCUT2D eigenvalue weighted by atomic mass is 31.1. The van der Waals surface area contributed by atoms with E-state index in [0.29, 0.717) is 18.6 Å². The van der Waals surface area contributed by atoms with E-state index >= 15 is 0 Å². The number of allylic oxidation sites excluding steroid dienone is 2. The SMILES string of the molecule is CCCC1=CP=CCC1=O.O=C1C=CP=CC1. The quantitative estimate of drug-likeness (QED) is 0.715. The van der Waals surface area contributed by atoms with Crippen molar-refractivity contribution < 1.29 is 9.59 Å². The average molecular weight is 266 g/mol. The number of Topliss-reactive ketones (excluding diaryl/α,β-unsaturated/α-hetero) is 1. The normalized spacial score (nSPS) is 19.5. The van der Waals surface area contributed by atoms with Crippen LogP contribution in [0.1, 0.15) is 32.6 Å². The summed E-state index contributed by atoms with van der Waals surface area (Å²) in [4.78, 5) is 21.4. The molecule has 0 saturated heterocycles. The molecular weight excluding hydrogens is 250 g/mol. The monoisotopic (exact) mass is 266 g/mol. The van der Waals surface area contributed by atoms with Crippen LogP contribution in [0, 0.1) is 0 Å². The van der Waals surface area contributed by atoms with Gasteiger partial charge in [0, 0.05) is 12.8 Å². The molecule has 0 aliphatic carbocycles. The second-order valence-electron chi connectivity index (χ2n) is 3.68. The lowest BCUT2D eigenvalue weighted by Crippen LogP contribution is -2.03. The Morgan fingerprint density at radius 2 is 1.94 bits per heavy atom. The molecule has 0 aromatic heterocycles. The highest BCUT2D eigenvalue weighted by Crippen LogP contribution is 2.17. The summed E-state index contributed by atoms with van der Waals surface area (Å²) in [6, 6.07) is 0. The van der Waals surface area contributed by atoms with Gasteiger partial charge in [-0.25, -0.2) is 0 Å². The Morgan fingerprint density at radius 1 is 1.18 bits per heavy atom. The molecule has 0 spiro atoms. The first-order valence-electron chi connectivity index (χ1n) is 5.69.